The maximum atomic E-state index is 14.1. The monoisotopic (exact) mass is 805 g/mol. The van der Waals surface area contributed by atoms with Gasteiger partial charge in [0.2, 0.25) is 23.6 Å². The van der Waals surface area contributed by atoms with Gasteiger partial charge in [0.05, 0.1) is 0 Å². The summed E-state index contributed by atoms with van der Waals surface area (Å²) >= 11 is 6.11. The van der Waals surface area contributed by atoms with Crippen molar-refractivity contribution in [3.8, 4) is 5.75 Å². The van der Waals surface area contributed by atoms with Crippen LogP contribution in [-0.4, -0.2) is 64.8 Å². The van der Waals surface area contributed by atoms with Gasteiger partial charge in [-0.1, -0.05) is 54.1 Å². The Hall–Kier alpha value is -6.82. The van der Waals surface area contributed by atoms with Crippen molar-refractivity contribution in [2.24, 2.45) is 10.8 Å². The number of amides is 5. The molecule has 0 bridgehead atoms. The third-order valence-electron chi connectivity index (χ3n) is 8.54. The molecule has 0 saturated carbocycles. The number of halogens is 4. The van der Waals surface area contributed by atoms with E-state index in [1.165, 1.54) is 0 Å². The fraction of sp³-hybridized carbons (Fsp3) is 0.211. The molecular weight excluding hydrogens is 771 g/mol. The minimum absolute atomic E-state index is 0.0119. The third-order valence-corrected chi connectivity index (χ3v) is 8.77. The van der Waals surface area contributed by atoms with Crippen LogP contribution in [0.2, 0.25) is 5.02 Å². The van der Waals surface area contributed by atoms with Gasteiger partial charge in [0.25, 0.3) is 5.91 Å². The zero-order valence-corrected chi connectivity index (χ0v) is 30.5. The summed E-state index contributed by atoms with van der Waals surface area (Å²) in [5.74, 6) is -5.46. The normalized spacial score (nSPS) is 12.8. The van der Waals surface area contributed by atoms with Crippen LogP contribution in [-0.2, 0) is 25.6 Å². The summed E-state index contributed by atoms with van der Waals surface area (Å²) in [6.07, 6.45) is -6.34. The lowest BCUT2D eigenvalue weighted by molar-refractivity contribution is -0.274. The summed E-state index contributed by atoms with van der Waals surface area (Å²) < 4.78 is 41.6. The lowest BCUT2D eigenvalue weighted by Crippen LogP contribution is -2.57. The van der Waals surface area contributed by atoms with Gasteiger partial charge in [-0.25, -0.2) is 5.53 Å². The molecule has 19 heteroatoms. The first-order valence-corrected chi connectivity index (χ1v) is 17.5. The number of hydrogen-bond donors (Lipinski definition) is 8. The molecule has 296 valence electrons. The highest BCUT2D eigenvalue weighted by Gasteiger charge is 2.33. The lowest BCUT2D eigenvalue weighted by atomic mass is 10.0. The van der Waals surface area contributed by atoms with Crippen LogP contribution in [0.3, 0.4) is 0 Å². The predicted molar refractivity (Wildman–Crippen MR) is 204 cm³/mol. The molecule has 0 saturated heterocycles. The van der Waals surface area contributed by atoms with Crippen molar-refractivity contribution in [3.63, 3.8) is 0 Å². The average Bonchev–Trinajstić information content (AvgIpc) is 3.59. The van der Waals surface area contributed by atoms with E-state index in [4.69, 9.17) is 28.3 Å². The predicted octanol–water partition coefficient (Wildman–Crippen LogP) is 5.49. The molecular formula is C38H35ClF3N9O6. The molecule has 0 aliphatic carbocycles. The second kappa shape index (κ2) is 18.2. The zero-order chi connectivity index (χ0) is 41.3. The van der Waals surface area contributed by atoms with E-state index in [2.05, 4.69) is 36.1 Å². The van der Waals surface area contributed by atoms with Crippen molar-refractivity contribution in [2.75, 3.05) is 5.32 Å². The van der Waals surface area contributed by atoms with Crippen LogP contribution in [0.1, 0.15) is 35.3 Å². The Kier molecular flexibility index (Phi) is 13.2. The molecule has 5 aromatic rings. The van der Waals surface area contributed by atoms with Crippen molar-refractivity contribution in [2.45, 2.75) is 50.2 Å². The summed E-state index contributed by atoms with van der Waals surface area (Å²) in [6.45, 7) is 0. The van der Waals surface area contributed by atoms with E-state index in [0.29, 0.717) is 21.5 Å². The molecule has 9 N–H and O–H groups in total. The van der Waals surface area contributed by atoms with Crippen LogP contribution in [0.5, 0.6) is 5.75 Å². The molecule has 0 radical (unpaired) electrons. The molecule has 5 amide bonds. The van der Waals surface area contributed by atoms with Gasteiger partial charge in [-0.15, -0.1) is 18.3 Å². The Bertz CT molecular complexity index is 2330. The molecule has 0 spiro atoms. The van der Waals surface area contributed by atoms with Gasteiger partial charge in [0, 0.05) is 40.9 Å². The summed E-state index contributed by atoms with van der Waals surface area (Å²) in [5, 5.41) is 24.0. The summed E-state index contributed by atoms with van der Waals surface area (Å²) in [6, 6.07) is 19.2. The van der Waals surface area contributed by atoms with Crippen LogP contribution in [0, 0.1) is 10.9 Å². The Labute approximate surface area is 326 Å². The second-order valence-corrected chi connectivity index (χ2v) is 13.2. The van der Waals surface area contributed by atoms with E-state index in [1.807, 2.05) is 36.4 Å². The van der Waals surface area contributed by atoms with Crippen molar-refractivity contribution in [3.05, 3.63) is 107 Å². The fourth-order valence-electron chi connectivity index (χ4n) is 5.79. The molecule has 0 unspecified atom stereocenters. The molecule has 1 aromatic heterocycles. The number of aromatic nitrogens is 1. The highest BCUT2D eigenvalue weighted by atomic mass is 35.5. The molecule has 57 heavy (non-hydrogen) atoms. The number of alkyl halides is 3. The van der Waals surface area contributed by atoms with Crippen LogP contribution in [0.4, 0.5) is 18.9 Å². The number of benzene rings is 4. The average molecular weight is 806 g/mol. The molecule has 0 fully saturated rings. The Morgan fingerprint density at radius 2 is 1.49 bits per heavy atom. The van der Waals surface area contributed by atoms with E-state index in [1.54, 1.807) is 30.3 Å². The van der Waals surface area contributed by atoms with E-state index in [9.17, 15) is 37.1 Å². The van der Waals surface area contributed by atoms with Crippen molar-refractivity contribution >= 4 is 74.3 Å². The third kappa shape index (κ3) is 11.8. The molecule has 5 rings (SSSR count). The van der Waals surface area contributed by atoms with Gasteiger partial charge in [-0.3, -0.25) is 29.4 Å². The topological polar surface area (TPSA) is 245 Å². The highest BCUT2D eigenvalue weighted by molar-refractivity contribution is 6.31. The van der Waals surface area contributed by atoms with Crippen molar-refractivity contribution < 1.29 is 41.9 Å². The van der Waals surface area contributed by atoms with E-state index >= 15 is 0 Å². The number of rotatable bonds is 16. The van der Waals surface area contributed by atoms with Gasteiger partial charge in [-0.2, -0.15) is 0 Å². The fourth-order valence-corrected chi connectivity index (χ4v) is 5.97. The SMILES string of the molecule is N=NC(=N)C[C@H](NC(=O)[C@H](Cc1ccc2ccccc2c1)NC(=O)c1cc2cc(Cl)ccc2[nH]1)C(=O)N[C@@H](CCC(N)=O)C(=O)Nc1ccc(OC(F)(F)F)cc1. The smallest absolute Gasteiger partial charge is 0.406 e. The largest absolute Gasteiger partial charge is 0.573 e. The molecule has 15 nitrogen and oxygen atoms in total. The van der Waals surface area contributed by atoms with Gasteiger partial charge in [0.1, 0.15) is 35.4 Å². The number of nitrogens with two attached hydrogens (primary N) is 1. The molecule has 1 heterocycles. The number of nitrogens with one attached hydrogen (secondary N) is 7. The molecule has 0 aliphatic heterocycles. The standard InChI is InChI=1S/C38H35ClF3N9O6/c39-24-7-12-27-23(17-24)18-30(47-27)36(55)49-29(16-20-5-6-21-3-1-2-4-22(21)15-20)35(54)50-31(19-32(43)51-45)37(56)48-28(13-14-33(44)52)34(53)46-25-8-10-26(11-9-25)57-38(40,41)42/h1-12,15,17-18,28-29,31,43,45,47H,13-14,16,19H2,(H2,44,52)(H,46,53)(H,48,56)(H,49,55)(H,50,54)/t28-,29-,31-/m0/s1. The quantitative estimate of drug-likeness (QED) is 0.0364. The van der Waals surface area contributed by atoms with Gasteiger partial charge >= 0.3 is 6.36 Å². The van der Waals surface area contributed by atoms with Crippen LogP contribution in [0.15, 0.2) is 96.1 Å². The summed E-state index contributed by atoms with van der Waals surface area (Å²) in [4.78, 5) is 69.4. The number of H-pyrrole nitrogens is 1. The maximum absolute atomic E-state index is 14.1. The minimum Gasteiger partial charge on any atom is -0.406 e. The number of fused-ring (bicyclic) bond motifs is 2. The number of ether oxygens (including phenoxy) is 1. The highest BCUT2D eigenvalue weighted by Crippen LogP contribution is 2.25. The minimum atomic E-state index is -4.95. The Balaban J connectivity index is 1.38. The molecule has 3 atom stereocenters. The number of primary amides is 1. The number of nitrogens with zero attached hydrogens (tertiary/aromatic N) is 1. The first kappa shape index (κ1) is 41.3. The first-order chi connectivity index (χ1) is 27.1. The van der Waals surface area contributed by atoms with Crippen molar-refractivity contribution in [1.82, 2.24) is 20.9 Å². The Morgan fingerprint density at radius 1 is 0.807 bits per heavy atom. The second-order valence-electron chi connectivity index (χ2n) is 12.8. The van der Waals surface area contributed by atoms with Gasteiger partial charge in [0.15, 0.2) is 0 Å². The Morgan fingerprint density at radius 3 is 2.18 bits per heavy atom. The first-order valence-electron chi connectivity index (χ1n) is 17.1. The number of anilines is 1. The van der Waals surface area contributed by atoms with E-state index < -0.39 is 72.0 Å². The zero-order valence-electron chi connectivity index (χ0n) is 29.7. The van der Waals surface area contributed by atoms with E-state index in [-0.39, 0.29) is 30.6 Å². The van der Waals surface area contributed by atoms with Gasteiger partial charge < -0.3 is 36.7 Å². The van der Waals surface area contributed by atoms with E-state index in [0.717, 1.165) is 35.0 Å². The van der Waals surface area contributed by atoms with Crippen LogP contribution < -0.4 is 31.7 Å². The number of hydrogen-bond acceptors (Lipinski definition) is 8. The summed E-state index contributed by atoms with van der Waals surface area (Å²) in [5.41, 5.74) is 13.9. The number of carbonyl (C=O) groups excluding carboxylic acids is 5. The van der Waals surface area contributed by atoms with Crippen LogP contribution in [0.25, 0.3) is 21.7 Å². The van der Waals surface area contributed by atoms with Crippen LogP contribution >= 0.6 is 11.6 Å². The van der Waals surface area contributed by atoms with Crippen molar-refractivity contribution in [1.29, 1.82) is 10.9 Å². The maximum Gasteiger partial charge on any atom is 0.573 e. The molecule has 4 aromatic carbocycles. The number of amidine groups is 1. The molecule has 0 aliphatic rings. The number of aromatic amines is 1. The lowest BCUT2D eigenvalue weighted by Gasteiger charge is -2.25. The number of carbonyl (C=O) groups is 5. The summed E-state index contributed by atoms with van der Waals surface area (Å²) in [7, 11) is 0. The van der Waals surface area contributed by atoms with Gasteiger partial charge in [-0.05, 0) is 71.3 Å².